The molecular formula is C12H13F3N4O. The van der Waals surface area contributed by atoms with Crippen LogP contribution in [0.4, 0.5) is 24.5 Å². The normalized spacial score (nSPS) is 17.9. The van der Waals surface area contributed by atoms with E-state index in [9.17, 15) is 13.2 Å². The molecule has 0 radical (unpaired) electrons. The summed E-state index contributed by atoms with van der Waals surface area (Å²) in [7, 11) is 0. The first kappa shape index (κ1) is 13.0. The van der Waals surface area contributed by atoms with Crippen LogP contribution >= 0.6 is 0 Å². The van der Waals surface area contributed by atoms with Gasteiger partial charge in [0.05, 0.1) is 17.3 Å². The van der Waals surface area contributed by atoms with Crippen molar-refractivity contribution in [3.05, 3.63) is 12.1 Å². The molecule has 1 aliphatic rings. The number of benzene rings is 1. The summed E-state index contributed by atoms with van der Waals surface area (Å²) >= 11 is 0. The quantitative estimate of drug-likeness (QED) is 0.816. The average molecular weight is 286 g/mol. The number of alkyl halides is 3. The molecule has 5 nitrogen and oxygen atoms in total. The molecule has 0 unspecified atom stereocenters. The van der Waals surface area contributed by atoms with Crippen LogP contribution in [0.5, 0.6) is 0 Å². The zero-order chi connectivity index (χ0) is 14.3. The zero-order valence-electron chi connectivity index (χ0n) is 10.5. The number of piperidine rings is 1. The van der Waals surface area contributed by atoms with E-state index in [-0.39, 0.29) is 12.8 Å². The van der Waals surface area contributed by atoms with Crippen molar-refractivity contribution in [3.8, 4) is 0 Å². The van der Waals surface area contributed by atoms with E-state index in [1.165, 1.54) is 0 Å². The number of nitrogens with zero attached hydrogens (tertiary/aromatic N) is 3. The summed E-state index contributed by atoms with van der Waals surface area (Å²) in [6, 6.07) is 3.41. The third kappa shape index (κ3) is 2.14. The molecule has 0 amide bonds. The molecule has 0 spiro atoms. The van der Waals surface area contributed by atoms with Gasteiger partial charge in [0.2, 0.25) is 0 Å². The molecule has 2 N–H and O–H groups in total. The van der Waals surface area contributed by atoms with Crippen molar-refractivity contribution in [2.45, 2.75) is 19.0 Å². The van der Waals surface area contributed by atoms with Gasteiger partial charge in [-0.15, -0.1) is 0 Å². The van der Waals surface area contributed by atoms with Crippen LogP contribution in [0.1, 0.15) is 12.8 Å². The van der Waals surface area contributed by atoms with E-state index >= 15 is 0 Å². The highest BCUT2D eigenvalue weighted by Gasteiger charge is 2.41. The molecule has 20 heavy (non-hydrogen) atoms. The van der Waals surface area contributed by atoms with Gasteiger partial charge in [0.25, 0.3) is 0 Å². The lowest BCUT2D eigenvalue weighted by molar-refractivity contribution is -0.179. The molecular weight excluding hydrogens is 273 g/mol. The Labute approximate surface area is 112 Å². The van der Waals surface area contributed by atoms with Crippen LogP contribution < -0.4 is 10.6 Å². The number of halogens is 3. The number of nitrogen functional groups attached to an aromatic ring is 1. The second kappa shape index (κ2) is 4.53. The third-order valence-electron chi connectivity index (χ3n) is 3.72. The van der Waals surface area contributed by atoms with E-state index < -0.39 is 12.1 Å². The highest BCUT2D eigenvalue weighted by molar-refractivity contribution is 5.95. The Hall–Kier alpha value is -1.99. The minimum absolute atomic E-state index is 0.0840. The Morgan fingerprint density at radius 2 is 1.80 bits per heavy atom. The van der Waals surface area contributed by atoms with Gasteiger partial charge in [0.1, 0.15) is 0 Å². The van der Waals surface area contributed by atoms with Crippen molar-refractivity contribution in [2.75, 3.05) is 23.7 Å². The standard InChI is InChI=1S/C12H13F3N4O/c13-12(14,15)7-3-5-19(6-4-7)9-2-1-8(16)10-11(9)18-20-17-10/h1-2,7H,3-6,16H2. The molecule has 3 rings (SSSR count). The summed E-state index contributed by atoms with van der Waals surface area (Å²) in [6.45, 7) is 0.659. The number of rotatable bonds is 1. The summed E-state index contributed by atoms with van der Waals surface area (Å²) < 4.78 is 42.6. The lowest BCUT2D eigenvalue weighted by Crippen LogP contribution is -2.39. The topological polar surface area (TPSA) is 68.2 Å². The minimum Gasteiger partial charge on any atom is -0.397 e. The molecule has 1 fully saturated rings. The molecule has 1 aromatic carbocycles. The van der Waals surface area contributed by atoms with Crippen molar-refractivity contribution in [3.63, 3.8) is 0 Å². The largest absolute Gasteiger partial charge is 0.397 e. The van der Waals surface area contributed by atoms with E-state index in [1.807, 2.05) is 4.90 Å². The fourth-order valence-corrected chi connectivity index (χ4v) is 2.58. The van der Waals surface area contributed by atoms with Gasteiger partial charge in [-0.3, -0.25) is 0 Å². The van der Waals surface area contributed by atoms with Crippen LogP contribution in [0.25, 0.3) is 11.0 Å². The predicted octanol–water partition coefficient (Wildman–Crippen LogP) is 2.58. The van der Waals surface area contributed by atoms with Crippen LogP contribution in [0, 0.1) is 5.92 Å². The summed E-state index contributed by atoms with van der Waals surface area (Å²) in [5, 5.41) is 7.50. The molecule has 108 valence electrons. The number of aromatic nitrogens is 2. The first-order valence-electron chi connectivity index (χ1n) is 6.29. The number of anilines is 2. The molecule has 0 atom stereocenters. The lowest BCUT2D eigenvalue weighted by atomic mass is 9.96. The van der Waals surface area contributed by atoms with Crippen LogP contribution in [0.2, 0.25) is 0 Å². The van der Waals surface area contributed by atoms with Gasteiger partial charge in [-0.05, 0) is 35.3 Å². The van der Waals surface area contributed by atoms with Crippen molar-refractivity contribution in [1.82, 2.24) is 10.3 Å². The van der Waals surface area contributed by atoms with E-state index in [0.29, 0.717) is 29.8 Å². The van der Waals surface area contributed by atoms with E-state index in [0.717, 1.165) is 5.69 Å². The number of hydrogen-bond donors (Lipinski definition) is 1. The molecule has 2 heterocycles. The van der Waals surface area contributed by atoms with Gasteiger partial charge >= 0.3 is 6.18 Å². The first-order chi connectivity index (χ1) is 9.47. The molecule has 0 bridgehead atoms. The maximum absolute atomic E-state index is 12.7. The molecule has 0 aliphatic carbocycles. The van der Waals surface area contributed by atoms with Crippen LogP contribution in [-0.4, -0.2) is 29.6 Å². The molecule has 1 aliphatic heterocycles. The minimum atomic E-state index is -4.11. The summed E-state index contributed by atoms with van der Waals surface area (Å²) in [6.07, 6.45) is -3.95. The molecule has 2 aromatic rings. The third-order valence-corrected chi connectivity index (χ3v) is 3.72. The summed E-state index contributed by atoms with van der Waals surface area (Å²) in [5.41, 5.74) is 7.85. The zero-order valence-corrected chi connectivity index (χ0v) is 10.5. The fourth-order valence-electron chi connectivity index (χ4n) is 2.58. The van der Waals surface area contributed by atoms with Gasteiger partial charge in [-0.1, -0.05) is 0 Å². The van der Waals surface area contributed by atoms with Crippen molar-refractivity contribution in [1.29, 1.82) is 0 Å². The van der Waals surface area contributed by atoms with Crippen LogP contribution in [0.15, 0.2) is 16.8 Å². The van der Waals surface area contributed by atoms with Crippen LogP contribution in [0.3, 0.4) is 0 Å². The smallest absolute Gasteiger partial charge is 0.391 e. The van der Waals surface area contributed by atoms with Gasteiger partial charge in [-0.2, -0.15) is 13.2 Å². The van der Waals surface area contributed by atoms with Gasteiger partial charge in [0, 0.05) is 13.1 Å². The van der Waals surface area contributed by atoms with Crippen molar-refractivity contribution < 1.29 is 17.8 Å². The van der Waals surface area contributed by atoms with E-state index in [1.54, 1.807) is 12.1 Å². The SMILES string of the molecule is Nc1ccc(N2CCC(C(F)(F)F)CC2)c2nonc12. The van der Waals surface area contributed by atoms with Crippen molar-refractivity contribution in [2.24, 2.45) is 5.92 Å². The van der Waals surface area contributed by atoms with E-state index in [4.69, 9.17) is 5.73 Å². The number of fused-ring (bicyclic) bond motifs is 1. The maximum atomic E-state index is 12.7. The molecule has 1 saturated heterocycles. The van der Waals surface area contributed by atoms with E-state index in [2.05, 4.69) is 14.9 Å². The second-order valence-electron chi connectivity index (χ2n) is 4.94. The lowest BCUT2D eigenvalue weighted by Gasteiger charge is -2.34. The van der Waals surface area contributed by atoms with Gasteiger partial charge < -0.3 is 10.6 Å². The highest BCUT2D eigenvalue weighted by Crippen LogP contribution is 2.37. The highest BCUT2D eigenvalue weighted by atomic mass is 19.4. The van der Waals surface area contributed by atoms with Gasteiger partial charge in [0.15, 0.2) is 11.0 Å². The summed E-state index contributed by atoms with van der Waals surface area (Å²) in [4.78, 5) is 1.87. The fraction of sp³-hybridized carbons (Fsp3) is 0.500. The van der Waals surface area contributed by atoms with Crippen LogP contribution in [-0.2, 0) is 0 Å². The molecule has 1 aromatic heterocycles. The predicted molar refractivity (Wildman–Crippen MR) is 67.2 cm³/mol. The Bertz CT molecular complexity index is 617. The monoisotopic (exact) mass is 286 g/mol. The Morgan fingerprint density at radius 1 is 1.15 bits per heavy atom. The second-order valence-corrected chi connectivity index (χ2v) is 4.94. The van der Waals surface area contributed by atoms with Gasteiger partial charge in [-0.25, -0.2) is 4.63 Å². The number of hydrogen-bond acceptors (Lipinski definition) is 5. The first-order valence-corrected chi connectivity index (χ1v) is 6.29. The maximum Gasteiger partial charge on any atom is 0.391 e. The van der Waals surface area contributed by atoms with Crippen molar-refractivity contribution >= 4 is 22.4 Å². The summed E-state index contributed by atoms with van der Waals surface area (Å²) in [5.74, 6) is -1.22. The Morgan fingerprint density at radius 3 is 2.45 bits per heavy atom. The molecule has 0 saturated carbocycles. The average Bonchev–Trinajstić information content (AvgIpc) is 2.88. The number of nitrogens with two attached hydrogens (primary N) is 1. The Kier molecular flexibility index (Phi) is 2.95. The Balaban J connectivity index is 1.84. The molecule has 8 heteroatoms.